The molecule has 1 fully saturated rings. The Balaban J connectivity index is 2.42. The normalized spacial score (nSPS) is 26.4. The van der Waals surface area contributed by atoms with Gasteiger partial charge in [-0.2, -0.15) is 4.67 Å². The summed E-state index contributed by atoms with van der Waals surface area (Å²) in [6.07, 6.45) is -6.21. The van der Waals surface area contributed by atoms with Gasteiger partial charge in [-0.05, 0) is 38.2 Å². The summed E-state index contributed by atoms with van der Waals surface area (Å²) in [4.78, 5) is 23.7. The molecule has 1 amide bonds. The SMILES string of the molecule is CCOC(=O)CN(C)P(=O)(Oc1ccc(OC)cc1)O[C@H]1[C@H](O)[C@@H](CO)OC(O)[C@@H]1NC(C)=O. The van der Waals surface area contributed by atoms with E-state index in [4.69, 9.17) is 23.3 Å². The zero-order chi connectivity index (χ0) is 25.5. The van der Waals surface area contributed by atoms with Crippen LogP contribution in [0.5, 0.6) is 11.5 Å². The first-order chi connectivity index (χ1) is 16.0. The van der Waals surface area contributed by atoms with Crippen LogP contribution in [0.4, 0.5) is 0 Å². The number of aliphatic hydroxyl groups is 3. The molecular formula is C20H31N2O11P. The number of aliphatic hydroxyl groups excluding tert-OH is 3. The summed E-state index contributed by atoms with van der Waals surface area (Å²) in [6, 6.07) is 4.60. The minimum Gasteiger partial charge on any atom is -0.497 e. The van der Waals surface area contributed by atoms with Gasteiger partial charge in [-0.25, -0.2) is 4.57 Å². The van der Waals surface area contributed by atoms with Crippen molar-refractivity contribution in [3.8, 4) is 11.5 Å². The minimum absolute atomic E-state index is 0.0803. The van der Waals surface area contributed by atoms with Crippen molar-refractivity contribution in [2.24, 2.45) is 0 Å². The number of hydrogen-bond donors (Lipinski definition) is 4. The Hall–Kier alpha value is -2.25. The number of nitrogens with one attached hydrogen (secondary N) is 1. The van der Waals surface area contributed by atoms with Crippen molar-refractivity contribution in [2.45, 2.75) is 44.5 Å². The van der Waals surface area contributed by atoms with Gasteiger partial charge in [-0.15, -0.1) is 0 Å². The van der Waals surface area contributed by atoms with E-state index in [1.165, 1.54) is 26.3 Å². The summed E-state index contributed by atoms with van der Waals surface area (Å²) in [5.41, 5.74) is 0. The molecule has 1 aromatic carbocycles. The number of rotatable bonds is 11. The van der Waals surface area contributed by atoms with Crippen molar-refractivity contribution >= 4 is 19.6 Å². The first kappa shape index (κ1) is 28.0. The third kappa shape index (κ3) is 7.12. The quantitative estimate of drug-likeness (QED) is 0.227. The van der Waals surface area contributed by atoms with Crippen molar-refractivity contribution in [2.75, 3.05) is 33.9 Å². The molecule has 0 saturated carbocycles. The number of likely N-dealkylation sites (N-methyl/N-ethyl adjacent to an activating group) is 1. The molecule has 0 bridgehead atoms. The standard InChI is InChI=1S/C20H31N2O11P/c1-5-30-16(25)10-22(3)34(28,32-14-8-6-13(29-4)7-9-14)33-19-17(21-12(2)24)20(27)31-15(11-23)18(19)26/h6-9,15,17-20,23,26-27H,5,10-11H2,1-4H3,(H,21,24)/t15-,17-,18-,19-,20?,34?/m1/s1. The number of ether oxygens (including phenoxy) is 3. The highest BCUT2D eigenvalue weighted by atomic mass is 31.2. The summed E-state index contributed by atoms with van der Waals surface area (Å²) in [5, 5.41) is 32.9. The molecule has 34 heavy (non-hydrogen) atoms. The first-order valence-corrected chi connectivity index (χ1v) is 11.9. The second-order valence-electron chi connectivity index (χ2n) is 7.39. The molecule has 14 heteroatoms. The smallest absolute Gasteiger partial charge is 0.462 e. The summed E-state index contributed by atoms with van der Waals surface area (Å²) < 4.78 is 41.4. The lowest BCUT2D eigenvalue weighted by molar-refractivity contribution is -0.250. The largest absolute Gasteiger partial charge is 0.497 e. The lowest BCUT2D eigenvalue weighted by Gasteiger charge is -2.43. The number of benzene rings is 1. The second kappa shape index (κ2) is 12.5. The number of carbonyl (C=O) groups excluding carboxylic acids is 2. The van der Waals surface area contributed by atoms with E-state index in [-0.39, 0.29) is 12.4 Å². The monoisotopic (exact) mass is 506 g/mol. The average molecular weight is 506 g/mol. The molecule has 0 spiro atoms. The lowest BCUT2D eigenvalue weighted by Crippen LogP contribution is -2.64. The van der Waals surface area contributed by atoms with Crippen LogP contribution in [0.25, 0.3) is 0 Å². The van der Waals surface area contributed by atoms with E-state index in [1.807, 2.05) is 0 Å². The predicted octanol–water partition coefficient (Wildman–Crippen LogP) is -0.363. The molecule has 0 radical (unpaired) electrons. The molecule has 1 saturated heterocycles. The van der Waals surface area contributed by atoms with Gasteiger partial charge in [0.15, 0.2) is 6.29 Å². The van der Waals surface area contributed by atoms with Crippen LogP contribution in [-0.2, 0) is 28.2 Å². The minimum atomic E-state index is -4.45. The maximum Gasteiger partial charge on any atom is 0.462 e. The molecule has 0 aliphatic carbocycles. The summed E-state index contributed by atoms with van der Waals surface area (Å²) in [6.45, 7) is 1.65. The van der Waals surface area contributed by atoms with Gasteiger partial charge in [0.2, 0.25) is 5.91 Å². The molecule has 2 rings (SSSR count). The fraction of sp³-hybridized carbons (Fsp3) is 0.600. The Morgan fingerprint density at radius 1 is 1.21 bits per heavy atom. The summed E-state index contributed by atoms with van der Waals surface area (Å²) in [7, 11) is -1.71. The topological polar surface area (TPSA) is 173 Å². The van der Waals surface area contributed by atoms with Crippen LogP contribution in [0.15, 0.2) is 24.3 Å². The molecule has 0 aromatic heterocycles. The first-order valence-electron chi connectivity index (χ1n) is 10.4. The molecule has 1 aliphatic heterocycles. The van der Waals surface area contributed by atoms with Crippen molar-refractivity contribution in [1.82, 2.24) is 9.99 Å². The van der Waals surface area contributed by atoms with Gasteiger partial charge in [0.25, 0.3) is 0 Å². The van der Waals surface area contributed by atoms with E-state index in [9.17, 15) is 29.5 Å². The van der Waals surface area contributed by atoms with E-state index < -0.39 is 63.4 Å². The maximum atomic E-state index is 14.0. The van der Waals surface area contributed by atoms with Crippen molar-refractivity contribution in [1.29, 1.82) is 0 Å². The summed E-state index contributed by atoms with van der Waals surface area (Å²) in [5.74, 6) is -0.729. The van der Waals surface area contributed by atoms with Gasteiger partial charge in [0.05, 0.1) is 20.3 Å². The molecule has 1 aromatic rings. The van der Waals surface area contributed by atoms with Crippen LogP contribution in [0.1, 0.15) is 13.8 Å². The van der Waals surface area contributed by atoms with Crippen molar-refractivity contribution in [3.63, 3.8) is 0 Å². The third-order valence-corrected chi connectivity index (χ3v) is 6.79. The molecule has 13 nitrogen and oxygen atoms in total. The van der Waals surface area contributed by atoms with Crippen LogP contribution in [-0.4, -0.2) is 96.4 Å². The Morgan fingerprint density at radius 2 is 1.82 bits per heavy atom. The van der Waals surface area contributed by atoms with Gasteiger partial charge < -0.3 is 39.4 Å². The van der Waals surface area contributed by atoms with Crippen LogP contribution in [0.3, 0.4) is 0 Å². The van der Waals surface area contributed by atoms with E-state index in [0.717, 1.165) is 11.6 Å². The fourth-order valence-corrected chi connectivity index (χ4v) is 4.76. The molecule has 1 aliphatic rings. The molecule has 192 valence electrons. The highest BCUT2D eigenvalue weighted by molar-refractivity contribution is 7.51. The second-order valence-corrected chi connectivity index (χ2v) is 9.40. The Bertz CT molecular complexity index is 869. The number of nitrogens with zero attached hydrogens (tertiary/aromatic N) is 1. The molecular weight excluding hydrogens is 475 g/mol. The number of amides is 1. The lowest BCUT2D eigenvalue weighted by atomic mass is 9.97. The van der Waals surface area contributed by atoms with Gasteiger partial charge in [0, 0.05) is 6.92 Å². The van der Waals surface area contributed by atoms with Gasteiger partial charge in [-0.1, -0.05) is 0 Å². The van der Waals surface area contributed by atoms with Crippen molar-refractivity contribution in [3.05, 3.63) is 24.3 Å². The van der Waals surface area contributed by atoms with Crippen LogP contribution < -0.4 is 14.6 Å². The van der Waals surface area contributed by atoms with Crippen LogP contribution >= 0.6 is 7.75 Å². The molecule has 6 atom stereocenters. The number of methoxy groups -OCH3 is 1. The molecule has 1 heterocycles. The van der Waals surface area contributed by atoms with Crippen LogP contribution in [0.2, 0.25) is 0 Å². The summed E-state index contributed by atoms with van der Waals surface area (Å²) >= 11 is 0. The molecule has 2 unspecified atom stereocenters. The number of carbonyl (C=O) groups is 2. The van der Waals surface area contributed by atoms with E-state index in [0.29, 0.717) is 5.75 Å². The maximum absolute atomic E-state index is 14.0. The predicted molar refractivity (Wildman–Crippen MR) is 117 cm³/mol. The molecule has 4 N–H and O–H groups in total. The highest BCUT2D eigenvalue weighted by Gasteiger charge is 2.50. The van der Waals surface area contributed by atoms with Gasteiger partial charge >= 0.3 is 13.7 Å². The third-order valence-electron chi connectivity index (χ3n) is 4.86. The fourth-order valence-electron chi connectivity index (χ4n) is 3.17. The van der Waals surface area contributed by atoms with E-state index in [1.54, 1.807) is 19.1 Å². The van der Waals surface area contributed by atoms with Gasteiger partial charge in [-0.3, -0.25) is 14.1 Å². The highest BCUT2D eigenvalue weighted by Crippen LogP contribution is 2.53. The Morgan fingerprint density at radius 3 is 2.35 bits per heavy atom. The number of hydrogen-bond acceptors (Lipinski definition) is 11. The van der Waals surface area contributed by atoms with E-state index in [2.05, 4.69) is 5.32 Å². The van der Waals surface area contributed by atoms with Crippen molar-refractivity contribution < 1.29 is 52.7 Å². The van der Waals surface area contributed by atoms with E-state index >= 15 is 0 Å². The number of esters is 1. The zero-order valence-corrected chi connectivity index (χ0v) is 20.2. The zero-order valence-electron chi connectivity index (χ0n) is 19.3. The van der Waals surface area contributed by atoms with Gasteiger partial charge in [0.1, 0.15) is 42.4 Å². The van der Waals surface area contributed by atoms with Crippen LogP contribution in [0, 0.1) is 0 Å². The Labute approximate surface area is 197 Å². The average Bonchev–Trinajstić information content (AvgIpc) is 2.78. The Kier molecular flexibility index (Phi) is 10.3.